The Kier molecular flexibility index (Phi) is 14.1. The van der Waals surface area contributed by atoms with Crippen molar-refractivity contribution in [3.63, 3.8) is 0 Å². The number of benzene rings is 2. The van der Waals surface area contributed by atoms with Gasteiger partial charge in [-0.1, -0.05) is 67.4 Å². The fourth-order valence-electron chi connectivity index (χ4n) is 4.42. The number of carboxylic acid groups (broad SMARTS) is 1. The molecule has 248 valence electrons. The maximum atomic E-state index is 13.4. The fourth-order valence-corrected chi connectivity index (χ4v) is 5.49. The fraction of sp³-hybridized carbons (Fsp3) is 0.429. The third-order valence-corrected chi connectivity index (χ3v) is 8.93. The van der Waals surface area contributed by atoms with E-state index in [4.69, 9.17) is 38.8 Å². The summed E-state index contributed by atoms with van der Waals surface area (Å²) in [7, 11) is -2.37. The Morgan fingerprint density at radius 2 is 1.69 bits per heavy atom. The molecule has 2 amide bonds. The number of anilines is 1. The average Bonchev–Trinajstić information content (AvgIpc) is 2.96. The normalized spacial score (nSPS) is 15.0. The van der Waals surface area contributed by atoms with Gasteiger partial charge in [-0.25, -0.2) is 22.9 Å². The molecule has 1 fully saturated rings. The number of nitrogens with one attached hydrogen (secondary N) is 3. The molecule has 0 heterocycles. The van der Waals surface area contributed by atoms with E-state index in [1.165, 1.54) is 19.2 Å². The molecule has 45 heavy (non-hydrogen) atoms. The van der Waals surface area contributed by atoms with Gasteiger partial charge in [0, 0.05) is 5.69 Å². The maximum Gasteiger partial charge on any atom is 0.490 e. The zero-order chi connectivity index (χ0) is 33.9. The molecule has 11 nitrogen and oxygen atoms in total. The topological polar surface area (TPSA) is 180 Å². The molecule has 0 aliphatic heterocycles. The summed E-state index contributed by atoms with van der Waals surface area (Å²) in [6.07, 6.45) is 0.676. The second-order valence-electron chi connectivity index (χ2n) is 10.2. The summed E-state index contributed by atoms with van der Waals surface area (Å²) in [5.41, 5.74) is 7.75. The Hall–Kier alpha value is -3.40. The van der Waals surface area contributed by atoms with Crippen molar-refractivity contribution in [2.24, 2.45) is 16.6 Å². The van der Waals surface area contributed by atoms with Gasteiger partial charge in [0.1, 0.15) is 6.04 Å². The molecule has 1 aliphatic carbocycles. The van der Waals surface area contributed by atoms with E-state index in [-0.39, 0.29) is 17.3 Å². The Bertz CT molecular complexity index is 1520. The van der Waals surface area contributed by atoms with Crippen LogP contribution in [0.4, 0.5) is 18.9 Å². The molecule has 2 aromatic carbocycles. The van der Waals surface area contributed by atoms with E-state index in [0.717, 1.165) is 32.1 Å². The lowest BCUT2D eigenvalue weighted by Gasteiger charge is -2.25. The Labute approximate surface area is 268 Å². The molecule has 0 aromatic heterocycles. The lowest BCUT2D eigenvalue weighted by Crippen LogP contribution is -2.40. The molecular formula is C28H34Cl2F3N5O6S. The van der Waals surface area contributed by atoms with E-state index in [1.54, 1.807) is 31.2 Å². The number of aliphatic carboxylic acids is 1. The summed E-state index contributed by atoms with van der Waals surface area (Å²) in [4.78, 5) is 39.2. The standard InChI is InChI=1S/C26H33Cl2N5O4S.C2HF3O2/c1-16-8-10-19(38(36,37)30-2)15-22(16)31-25(35)23(13-17-6-4-3-5-7-17)32-26(29)33-24(34)14-18-9-11-20(27)21(28)12-18;3-2(4,5)1(6)7/h8-12,15,17,23,30H,3-7,13-14H2,1-2H3,(H,31,35)(H3,29,32,33,34);(H,6,7)/t23-;/m1./s1. The first-order valence-electron chi connectivity index (χ1n) is 13.6. The predicted molar refractivity (Wildman–Crippen MR) is 165 cm³/mol. The summed E-state index contributed by atoms with van der Waals surface area (Å²) in [5.74, 6) is -3.48. The number of guanidine groups is 1. The van der Waals surface area contributed by atoms with Gasteiger partial charge in [0.2, 0.25) is 21.8 Å². The summed E-state index contributed by atoms with van der Waals surface area (Å²) in [6.45, 7) is 1.77. The van der Waals surface area contributed by atoms with E-state index in [0.29, 0.717) is 39.2 Å². The molecule has 0 saturated heterocycles. The number of halogens is 5. The number of sulfonamides is 1. The van der Waals surface area contributed by atoms with Crippen LogP contribution in [0.3, 0.4) is 0 Å². The van der Waals surface area contributed by atoms with Gasteiger partial charge in [-0.2, -0.15) is 13.2 Å². The minimum absolute atomic E-state index is 0.00147. The van der Waals surface area contributed by atoms with Crippen LogP contribution in [0.15, 0.2) is 46.3 Å². The summed E-state index contributed by atoms with van der Waals surface area (Å²) in [6, 6.07) is 8.52. The van der Waals surface area contributed by atoms with Crippen LogP contribution in [0, 0.1) is 12.8 Å². The van der Waals surface area contributed by atoms with Crippen LogP contribution >= 0.6 is 23.2 Å². The molecule has 0 bridgehead atoms. The number of rotatable bonds is 9. The van der Waals surface area contributed by atoms with Crippen molar-refractivity contribution in [2.75, 3.05) is 12.4 Å². The van der Waals surface area contributed by atoms with Crippen LogP contribution in [-0.2, 0) is 30.8 Å². The minimum atomic E-state index is -5.08. The number of aliphatic imine (C=N–C) groups is 1. The lowest BCUT2D eigenvalue weighted by molar-refractivity contribution is -0.192. The number of hydrogen-bond acceptors (Lipinski definition) is 6. The monoisotopic (exact) mass is 695 g/mol. The molecule has 2 aromatic rings. The highest BCUT2D eigenvalue weighted by Crippen LogP contribution is 2.29. The molecule has 0 spiro atoms. The van der Waals surface area contributed by atoms with Crippen LogP contribution in [0.5, 0.6) is 0 Å². The van der Waals surface area contributed by atoms with Crippen molar-refractivity contribution in [3.8, 4) is 0 Å². The zero-order valence-electron chi connectivity index (χ0n) is 24.4. The van der Waals surface area contributed by atoms with Crippen LogP contribution < -0.4 is 21.1 Å². The lowest BCUT2D eigenvalue weighted by atomic mass is 9.84. The number of carbonyl (C=O) groups excluding carboxylic acids is 2. The quantitative estimate of drug-likeness (QED) is 0.185. The van der Waals surface area contributed by atoms with Gasteiger partial charge in [0.05, 0.1) is 21.4 Å². The van der Waals surface area contributed by atoms with Crippen molar-refractivity contribution in [2.45, 2.75) is 69.0 Å². The largest absolute Gasteiger partial charge is 0.490 e. The molecule has 1 aliphatic rings. The second-order valence-corrected chi connectivity index (χ2v) is 12.9. The Morgan fingerprint density at radius 3 is 2.24 bits per heavy atom. The minimum Gasteiger partial charge on any atom is -0.475 e. The first kappa shape index (κ1) is 37.8. The van der Waals surface area contributed by atoms with Gasteiger partial charge in [0.25, 0.3) is 0 Å². The second kappa shape index (κ2) is 16.8. The molecule has 6 N–H and O–H groups in total. The number of nitrogens with two attached hydrogens (primary N) is 1. The smallest absolute Gasteiger partial charge is 0.475 e. The number of carboxylic acids is 1. The number of nitrogens with zero attached hydrogens (tertiary/aromatic N) is 1. The summed E-state index contributed by atoms with van der Waals surface area (Å²) >= 11 is 12.0. The van der Waals surface area contributed by atoms with Gasteiger partial charge >= 0.3 is 12.1 Å². The maximum absolute atomic E-state index is 13.4. The highest BCUT2D eigenvalue weighted by Gasteiger charge is 2.38. The van der Waals surface area contributed by atoms with Gasteiger partial charge in [-0.05, 0) is 61.7 Å². The van der Waals surface area contributed by atoms with Gasteiger partial charge in [-0.15, -0.1) is 0 Å². The van der Waals surface area contributed by atoms with Crippen LogP contribution in [0.1, 0.15) is 49.7 Å². The predicted octanol–water partition coefficient (Wildman–Crippen LogP) is 4.79. The van der Waals surface area contributed by atoms with Crippen molar-refractivity contribution < 1.29 is 41.1 Å². The average molecular weight is 697 g/mol. The van der Waals surface area contributed by atoms with E-state index in [9.17, 15) is 31.2 Å². The van der Waals surface area contributed by atoms with E-state index in [2.05, 4.69) is 20.3 Å². The molecule has 17 heteroatoms. The van der Waals surface area contributed by atoms with Crippen molar-refractivity contribution >= 4 is 62.7 Å². The summed E-state index contributed by atoms with van der Waals surface area (Å²) < 4.78 is 58.5. The number of hydrogen-bond donors (Lipinski definition) is 5. The number of alkyl halides is 3. The zero-order valence-corrected chi connectivity index (χ0v) is 26.7. The van der Waals surface area contributed by atoms with Gasteiger partial charge in [-0.3, -0.25) is 14.9 Å². The highest BCUT2D eigenvalue weighted by atomic mass is 35.5. The third kappa shape index (κ3) is 12.5. The molecule has 0 unspecified atom stereocenters. The van der Waals surface area contributed by atoms with Crippen molar-refractivity contribution in [3.05, 3.63) is 57.6 Å². The molecule has 1 atom stereocenters. The van der Waals surface area contributed by atoms with Crippen LogP contribution in [-0.4, -0.2) is 56.5 Å². The molecule has 3 rings (SSSR count). The highest BCUT2D eigenvalue weighted by molar-refractivity contribution is 7.89. The van der Waals surface area contributed by atoms with E-state index >= 15 is 0 Å². The van der Waals surface area contributed by atoms with Crippen LogP contribution in [0.2, 0.25) is 10.0 Å². The first-order chi connectivity index (χ1) is 20.9. The van der Waals surface area contributed by atoms with Crippen LogP contribution in [0.25, 0.3) is 0 Å². The van der Waals surface area contributed by atoms with Gasteiger partial charge < -0.3 is 16.2 Å². The first-order valence-corrected chi connectivity index (χ1v) is 15.9. The van der Waals surface area contributed by atoms with Crippen molar-refractivity contribution in [1.82, 2.24) is 10.0 Å². The molecule has 0 radical (unpaired) electrons. The Morgan fingerprint density at radius 1 is 1.07 bits per heavy atom. The number of aryl methyl sites for hydroxylation is 1. The number of amides is 2. The SMILES string of the molecule is CNS(=O)(=O)c1ccc(C)c(NC(=O)[C@@H](CC2CCCCC2)N=C(N)NC(=O)Cc2ccc(Cl)c(Cl)c2)c1.O=C(O)C(F)(F)F. The van der Waals surface area contributed by atoms with Crippen molar-refractivity contribution in [1.29, 1.82) is 0 Å². The summed E-state index contributed by atoms with van der Waals surface area (Å²) in [5, 5.41) is 13.2. The molecular weight excluding hydrogens is 662 g/mol. The molecule has 1 saturated carbocycles. The number of carbonyl (C=O) groups is 3. The van der Waals surface area contributed by atoms with Gasteiger partial charge in [0.15, 0.2) is 5.96 Å². The van der Waals surface area contributed by atoms with E-state index in [1.807, 2.05) is 0 Å². The Balaban J connectivity index is 0.000000900. The third-order valence-electron chi connectivity index (χ3n) is 6.78. The van der Waals surface area contributed by atoms with E-state index < -0.39 is 40.0 Å².